The second kappa shape index (κ2) is 7.32. The highest BCUT2D eigenvalue weighted by atomic mass is 16.2. The van der Waals surface area contributed by atoms with Crippen LogP contribution >= 0.6 is 0 Å². The highest BCUT2D eigenvalue weighted by Gasteiger charge is 2.32. The fourth-order valence-corrected chi connectivity index (χ4v) is 4.14. The number of hydrogen-bond acceptors (Lipinski definition) is 2. The summed E-state index contributed by atoms with van der Waals surface area (Å²) in [6, 6.07) is 17.7. The summed E-state index contributed by atoms with van der Waals surface area (Å²) >= 11 is 0. The first-order valence-corrected chi connectivity index (χ1v) is 9.45. The molecule has 2 aromatic rings. The minimum Gasteiger partial charge on any atom is -0.340 e. The highest BCUT2D eigenvalue weighted by Crippen LogP contribution is 2.34. The van der Waals surface area contributed by atoms with Crippen molar-refractivity contribution in [2.75, 3.05) is 26.2 Å². The summed E-state index contributed by atoms with van der Waals surface area (Å²) < 4.78 is 0. The molecular formula is C22H24N2O2. The first-order chi connectivity index (χ1) is 12.7. The molecule has 1 saturated heterocycles. The van der Waals surface area contributed by atoms with Gasteiger partial charge in [-0.2, -0.15) is 0 Å². The number of fused-ring (bicyclic) bond motifs is 1. The zero-order chi connectivity index (χ0) is 17.9. The van der Waals surface area contributed by atoms with E-state index in [2.05, 4.69) is 12.1 Å². The third kappa shape index (κ3) is 3.24. The van der Waals surface area contributed by atoms with E-state index in [9.17, 15) is 9.59 Å². The Labute approximate surface area is 154 Å². The van der Waals surface area contributed by atoms with Gasteiger partial charge in [-0.05, 0) is 42.5 Å². The summed E-state index contributed by atoms with van der Waals surface area (Å²) in [5.74, 6) is 0.276. The molecular weight excluding hydrogens is 324 g/mol. The molecule has 0 spiro atoms. The van der Waals surface area contributed by atoms with E-state index in [1.54, 1.807) is 0 Å². The molecule has 1 heterocycles. The lowest BCUT2D eigenvalue weighted by molar-refractivity contribution is -0.132. The van der Waals surface area contributed by atoms with Crippen LogP contribution in [-0.2, 0) is 11.2 Å². The van der Waals surface area contributed by atoms with Gasteiger partial charge in [0.05, 0.1) is 5.92 Å². The van der Waals surface area contributed by atoms with Crippen LogP contribution in [0, 0.1) is 0 Å². The summed E-state index contributed by atoms with van der Waals surface area (Å²) in [6.07, 6.45) is 2.72. The first kappa shape index (κ1) is 16.8. The van der Waals surface area contributed by atoms with Crippen molar-refractivity contribution in [2.24, 2.45) is 0 Å². The molecule has 26 heavy (non-hydrogen) atoms. The zero-order valence-electron chi connectivity index (χ0n) is 14.9. The van der Waals surface area contributed by atoms with Gasteiger partial charge >= 0.3 is 0 Å². The fraction of sp³-hybridized carbons (Fsp3) is 0.364. The van der Waals surface area contributed by atoms with E-state index in [4.69, 9.17) is 0 Å². The van der Waals surface area contributed by atoms with Crippen molar-refractivity contribution in [1.29, 1.82) is 0 Å². The minimum atomic E-state index is -0.0115. The number of benzene rings is 2. The van der Waals surface area contributed by atoms with Crippen molar-refractivity contribution in [3.63, 3.8) is 0 Å². The number of carbonyl (C=O) groups is 2. The number of hydrogen-bond donors (Lipinski definition) is 0. The molecule has 4 nitrogen and oxygen atoms in total. The number of rotatable bonds is 2. The van der Waals surface area contributed by atoms with E-state index in [0.717, 1.165) is 31.4 Å². The monoisotopic (exact) mass is 348 g/mol. The van der Waals surface area contributed by atoms with Crippen molar-refractivity contribution < 1.29 is 9.59 Å². The lowest BCUT2D eigenvalue weighted by Gasteiger charge is -2.25. The molecule has 1 aliphatic carbocycles. The van der Waals surface area contributed by atoms with E-state index in [1.165, 1.54) is 11.1 Å². The molecule has 0 aromatic heterocycles. The van der Waals surface area contributed by atoms with Gasteiger partial charge in [0.1, 0.15) is 0 Å². The van der Waals surface area contributed by atoms with Crippen molar-refractivity contribution >= 4 is 11.8 Å². The Morgan fingerprint density at radius 1 is 0.808 bits per heavy atom. The molecule has 1 fully saturated rings. The zero-order valence-corrected chi connectivity index (χ0v) is 14.9. The quantitative estimate of drug-likeness (QED) is 0.837. The number of aryl methyl sites for hydroxylation is 1. The van der Waals surface area contributed by atoms with Crippen LogP contribution in [-0.4, -0.2) is 47.8 Å². The maximum absolute atomic E-state index is 13.1. The smallest absolute Gasteiger partial charge is 0.253 e. The van der Waals surface area contributed by atoms with E-state index < -0.39 is 0 Å². The summed E-state index contributed by atoms with van der Waals surface area (Å²) in [7, 11) is 0. The van der Waals surface area contributed by atoms with E-state index >= 15 is 0 Å². The average Bonchev–Trinajstić information content (AvgIpc) is 2.97. The number of carbonyl (C=O) groups excluding carboxylic acids is 2. The molecule has 0 bridgehead atoms. The van der Waals surface area contributed by atoms with Crippen LogP contribution in [0.1, 0.15) is 40.2 Å². The molecule has 134 valence electrons. The van der Waals surface area contributed by atoms with Gasteiger partial charge in [-0.15, -0.1) is 0 Å². The highest BCUT2D eigenvalue weighted by molar-refractivity contribution is 5.94. The molecule has 1 atom stereocenters. The van der Waals surface area contributed by atoms with Gasteiger partial charge in [0.15, 0.2) is 0 Å². The largest absolute Gasteiger partial charge is 0.340 e. The number of amides is 2. The third-order valence-electron chi connectivity index (χ3n) is 5.55. The van der Waals surface area contributed by atoms with Crippen LogP contribution in [0.15, 0.2) is 54.6 Å². The molecule has 4 rings (SSSR count). The first-order valence-electron chi connectivity index (χ1n) is 9.45. The lowest BCUT2D eigenvalue weighted by Crippen LogP contribution is -2.39. The predicted molar refractivity (Wildman–Crippen MR) is 101 cm³/mol. The summed E-state index contributed by atoms with van der Waals surface area (Å²) in [5, 5.41) is 0. The van der Waals surface area contributed by atoms with E-state index in [-0.39, 0.29) is 17.7 Å². The summed E-state index contributed by atoms with van der Waals surface area (Å²) in [6.45, 7) is 2.67. The van der Waals surface area contributed by atoms with Gasteiger partial charge in [-0.25, -0.2) is 0 Å². The molecule has 2 amide bonds. The van der Waals surface area contributed by atoms with Crippen molar-refractivity contribution in [2.45, 2.75) is 25.2 Å². The van der Waals surface area contributed by atoms with Crippen molar-refractivity contribution in [1.82, 2.24) is 9.80 Å². The minimum absolute atomic E-state index is 0.0115. The normalized spacial score (nSPS) is 19.8. The summed E-state index contributed by atoms with van der Waals surface area (Å²) in [4.78, 5) is 29.6. The predicted octanol–water partition coefficient (Wildman–Crippen LogP) is 3.09. The van der Waals surface area contributed by atoms with Crippen LogP contribution < -0.4 is 0 Å². The number of nitrogens with zero attached hydrogens (tertiary/aromatic N) is 2. The van der Waals surface area contributed by atoms with E-state index in [1.807, 2.05) is 52.3 Å². The molecule has 0 N–H and O–H groups in total. The Bertz CT molecular complexity index is 803. The fourth-order valence-electron chi connectivity index (χ4n) is 4.14. The van der Waals surface area contributed by atoms with Crippen molar-refractivity contribution in [3.8, 4) is 0 Å². The molecule has 0 saturated carbocycles. The Morgan fingerprint density at radius 2 is 1.50 bits per heavy atom. The lowest BCUT2D eigenvalue weighted by atomic mass is 10.00. The Balaban J connectivity index is 1.43. The Morgan fingerprint density at radius 3 is 2.35 bits per heavy atom. The van der Waals surface area contributed by atoms with Crippen LogP contribution in [0.2, 0.25) is 0 Å². The molecule has 4 heteroatoms. The van der Waals surface area contributed by atoms with Gasteiger partial charge in [-0.3, -0.25) is 9.59 Å². The van der Waals surface area contributed by atoms with E-state index in [0.29, 0.717) is 19.6 Å². The third-order valence-corrected chi connectivity index (χ3v) is 5.55. The second-order valence-electron chi connectivity index (χ2n) is 7.13. The standard InChI is InChI=1S/C22H24N2O2/c25-21(18-8-2-1-3-9-18)23-13-6-14-24(16-15-23)22(26)20-12-11-17-7-4-5-10-19(17)20/h1-5,7-10,20H,6,11-16H2. The average molecular weight is 348 g/mol. The van der Waals surface area contributed by atoms with Gasteiger partial charge in [0, 0.05) is 31.7 Å². The van der Waals surface area contributed by atoms with Gasteiger partial charge in [0.25, 0.3) is 5.91 Å². The van der Waals surface area contributed by atoms with Gasteiger partial charge < -0.3 is 9.80 Å². The van der Waals surface area contributed by atoms with Gasteiger partial charge in [0.2, 0.25) is 5.91 Å². The van der Waals surface area contributed by atoms with Crippen LogP contribution in [0.3, 0.4) is 0 Å². The van der Waals surface area contributed by atoms with Gasteiger partial charge in [-0.1, -0.05) is 42.5 Å². The van der Waals surface area contributed by atoms with Crippen LogP contribution in [0.5, 0.6) is 0 Å². The topological polar surface area (TPSA) is 40.6 Å². The SMILES string of the molecule is O=C(c1ccccc1)N1CCCN(C(=O)C2CCc3ccccc32)CC1. The second-order valence-corrected chi connectivity index (χ2v) is 7.13. The van der Waals surface area contributed by atoms with Crippen molar-refractivity contribution in [3.05, 3.63) is 71.3 Å². The Hall–Kier alpha value is -2.62. The maximum atomic E-state index is 13.1. The molecule has 2 aromatic carbocycles. The molecule has 1 aliphatic heterocycles. The summed E-state index contributed by atoms with van der Waals surface area (Å²) in [5.41, 5.74) is 3.22. The maximum Gasteiger partial charge on any atom is 0.253 e. The van der Waals surface area contributed by atoms with Crippen LogP contribution in [0.25, 0.3) is 0 Å². The Kier molecular flexibility index (Phi) is 4.74. The van der Waals surface area contributed by atoms with Crippen LogP contribution in [0.4, 0.5) is 0 Å². The molecule has 0 radical (unpaired) electrons. The molecule has 2 aliphatic rings. The molecule has 1 unspecified atom stereocenters.